The number of rotatable bonds is 2. The van der Waals surface area contributed by atoms with Gasteiger partial charge in [0.2, 0.25) is 0 Å². The molecular formula is C4H10N4O. The van der Waals surface area contributed by atoms with Crippen LogP contribution in [0.15, 0.2) is 0 Å². The fourth-order valence-corrected chi connectivity index (χ4v) is 0.333. The first kappa shape index (κ1) is 7.74. The van der Waals surface area contributed by atoms with Crippen molar-refractivity contribution in [1.29, 1.82) is 5.41 Å². The quantitative estimate of drug-likeness (QED) is 0.328. The fourth-order valence-electron chi connectivity index (χ4n) is 0.333. The Balaban J connectivity index is 3.63. The number of hydrogen-bond donors (Lipinski definition) is 3. The summed E-state index contributed by atoms with van der Waals surface area (Å²) in [4.78, 5) is 11.4. The minimum Gasteiger partial charge on any atom is -0.386 e. The third-order valence-corrected chi connectivity index (χ3v) is 0.784. The highest BCUT2D eigenvalue weighted by Gasteiger charge is 2.01. The smallest absolute Gasteiger partial charge is 0.314 e. The number of carbonyl (C=O) groups excluding carboxylic acids is 1. The monoisotopic (exact) mass is 130 g/mol. The molecule has 0 atom stereocenters. The molecule has 0 unspecified atom stereocenters. The van der Waals surface area contributed by atoms with Gasteiger partial charge in [-0.25, -0.2) is 4.79 Å². The molecule has 0 spiro atoms. The number of amidine groups is 1. The average Bonchev–Trinajstić information content (AvgIpc) is 1.63. The first-order chi connectivity index (χ1) is 4.04. The van der Waals surface area contributed by atoms with Gasteiger partial charge in [0, 0.05) is 7.05 Å². The summed E-state index contributed by atoms with van der Waals surface area (Å²) in [5.41, 5.74) is 9.78. The molecule has 0 fully saturated rings. The van der Waals surface area contributed by atoms with Crippen LogP contribution < -0.4 is 11.5 Å². The van der Waals surface area contributed by atoms with Crippen molar-refractivity contribution in [3.05, 3.63) is 0 Å². The molecule has 0 aromatic carbocycles. The van der Waals surface area contributed by atoms with Crippen LogP contribution in [0.5, 0.6) is 0 Å². The van der Waals surface area contributed by atoms with Gasteiger partial charge in [0.15, 0.2) is 0 Å². The predicted molar refractivity (Wildman–Crippen MR) is 34.1 cm³/mol. The Bertz CT molecular complexity index is 133. The number of nitrogens with zero attached hydrogens (tertiary/aromatic N) is 1. The molecule has 5 N–H and O–H groups in total. The molecule has 0 rings (SSSR count). The van der Waals surface area contributed by atoms with E-state index < -0.39 is 6.03 Å². The summed E-state index contributed by atoms with van der Waals surface area (Å²) in [6.07, 6.45) is 0. The maximum atomic E-state index is 10.2. The van der Waals surface area contributed by atoms with Crippen LogP contribution in [-0.2, 0) is 0 Å². The molecule has 0 saturated heterocycles. The molecule has 0 saturated carbocycles. The lowest BCUT2D eigenvalue weighted by Gasteiger charge is -2.11. The molecule has 0 bridgehead atoms. The zero-order chi connectivity index (χ0) is 7.44. The van der Waals surface area contributed by atoms with Crippen molar-refractivity contribution in [2.75, 3.05) is 13.6 Å². The normalized spacial score (nSPS) is 8.56. The first-order valence-corrected chi connectivity index (χ1v) is 2.37. The van der Waals surface area contributed by atoms with E-state index >= 15 is 0 Å². The van der Waals surface area contributed by atoms with Gasteiger partial charge in [0.1, 0.15) is 5.84 Å². The lowest BCUT2D eigenvalue weighted by atomic mass is 10.5. The molecular weight excluding hydrogens is 120 g/mol. The van der Waals surface area contributed by atoms with E-state index in [-0.39, 0.29) is 12.4 Å². The van der Waals surface area contributed by atoms with Crippen LogP contribution in [0.3, 0.4) is 0 Å². The molecule has 2 amide bonds. The second-order valence-corrected chi connectivity index (χ2v) is 1.72. The summed E-state index contributed by atoms with van der Waals surface area (Å²) in [6, 6.07) is -0.579. The van der Waals surface area contributed by atoms with E-state index in [4.69, 9.17) is 16.9 Å². The zero-order valence-corrected chi connectivity index (χ0v) is 5.22. The summed E-state index contributed by atoms with van der Waals surface area (Å²) < 4.78 is 0. The Morgan fingerprint density at radius 3 is 2.22 bits per heavy atom. The number of amides is 2. The number of carbonyl (C=O) groups is 1. The zero-order valence-electron chi connectivity index (χ0n) is 5.22. The number of primary amides is 1. The first-order valence-electron chi connectivity index (χ1n) is 2.37. The van der Waals surface area contributed by atoms with E-state index in [1.54, 1.807) is 0 Å². The van der Waals surface area contributed by atoms with Crippen LogP contribution in [0.4, 0.5) is 4.79 Å². The standard InChI is InChI=1S/C4H10N4O/c1-8(4(7)9)2-3(5)6/h2H2,1H3,(H3,5,6)(H2,7,9). The largest absolute Gasteiger partial charge is 0.386 e. The van der Waals surface area contributed by atoms with E-state index in [2.05, 4.69) is 0 Å². The van der Waals surface area contributed by atoms with Crippen LogP contribution in [-0.4, -0.2) is 30.4 Å². The molecule has 0 aliphatic heterocycles. The Hall–Kier alpha value is -1.26. The lowest BCUT2D eigenvalue weighted by Crippen LogP contribution is -2.38. The highest BCUT2D eigenvalue weighted by molar-refractivity contribution is 5.83. The van der Waals surface area contributed by atoms with Crippen molar-refractivity contribution in [1.82, 2.24) is 4.90 Å². The topological polar surface area (TPSA) is 96.2 Å². The SMILES string of the molecule is CN(CC(=N)N)C(N)=O. The number of urea groups is 1. The molecule has 0 aliphatic rings. The van der Waals surface area contributed by atoms with Gasteiger partial charge in [-0.05, 0) is 0 Å². The molecule has 0 radical (unpaired) electrons. The summed E-state index contributed by atoms with van der Waals surface area (Å²) in [6.45, 7) is 0.0926. The number of hydrogen-bond acceptors (Lipinski definition) is 2. The van der Waals surface area contributed by atoms with Gasteiger partial charge in [0.05, 0.1) is 6.54 Å². The Morgan fingerprint density at radius 2 is 2.11 bits per heavy atom. The highest BCUT2D eigenvalue weighted by Crippen LogP contribution is 1.77. The van der Waals surface area contributed by atoms with Gasteiger partial charge in [-0.2, -0.15) is 0 Å². The maximum absolute atomic E-state index is 10.2. The number of nitrogens with one attached hydrogen (secondary N) is 1. The van der Waals surface area contributed by atoms with Crippen molar-refractivity contribution in [2.45, 2.75) is 0 Å². The van der Waals surface area contributed by atoms with Gasteiger partial charge >= 0.3 is 6.03 Å². The average molecular weight is 130 g/mol. The van der Waals surface area contributed by atoms with Crippen molar-refractivity contribution < 1.29 is 4.79 Å². The van der Waals surface area contributed by atoms with E-state index in [1.165, 1.54) is 7.05 Å². The minimum atomic E-state index is -0.579. The lowest BCUT2D eigenvalue weighted by molar-refractivity contribution is 0.224. The van der Waals surface area contributed by atoms with Crippen molar-refractivity contribution in [2.24, 2.45) is 11.5 Å². The van der Waals surface area contributed by atoms with E-state index in [9.17, 15) is 4.79 Å². The van der Waals surface area contributed by atoms with E-state index in [1.807, 2.05) is 0 Å². The Labute approximate surface area is 53.1 Å². The second kappa shape index (κ2) is 2.91. The highest BCUT2D eigenvalue weighted by atomic mass is 16.2. The van der Waals surface area contributed by atoms with Gasteiger partial charge in [-0.3, -0.25) is 5.41 Å². The molecule has 0 heterocycles. The molecule has 0 aromatic heterocycles. The van der Waals surface area contributed by atoms with Gasteiger partial charge in [0.25, 0.3) is 0 Å². The number of likely N-dealkylation sites (N-methyl/N-ethyl adjacent to an activating group) is 1. The second-order valence-electron chi connectivity index (χ2n) is 1.72. The van der Waals surface area contributed by atoms with Gasteiger partial charge in [-0.15, -0.1) is 0 Å². The van der Waals surface area contributed by atoms with Crippen molar-refractivity contribution >= 4 is 11.9 Å². The van der Waals surface area contributed by atoms with Crippen molar-refractivity contribution in [3.8, 4) is 0 Å². The van der Waals surface area contributed by atoms with Crippen LogP contribution >= 0.6 is 0 Å². The molecule has 9 heavy (non-hydrogen) atoms. The van der Waals surface area contributed by atoms with Crippen LogP contribution in [0.1, 0.15) is 0 Å². The summed E-state index contributed by atoms with van der Waals surface area (Å²) >= 11 is 0. The predicted octanol–water partition coefficient (Wildman–Crippen LogP) is -1.07. The minimum absolute atomic E-state index is 0.0729. The summed E-state index contributed by atoms with van der Waals surface area (Å²) in [5.74, 6) is -0.0729. The Kier molecular flexibility index (Phi) is 2.50. The Morgan fingerprint density at radius 1 is 1.67 bits per heavy atom. The van der Waals surface area contributed by atoms with Crippen molar-refractivity contribution in [3.63, 3.8) is 0 Å². The summed E-state index contributed by atoms with van der Waals surface area (Å²) in [5, 5.41) is 6.75. The van der Waals surface area contributed by atoms with Crippen LogP contribution in [0, 0.1) is 5.41 Å². The third kappa shape index (κ3) is 3.33. The molecule has 5 nitrogen and oxygen atoms in total. The van der Waals surface area contributed by atoms with Gasteiger partial charge in [-0.1, -0.05) is 0 Å². The van der Waals surface area contributed by atoms with Crippen LogP contribution in [0.2, 0.25) is 0 Å². The third-order valence-electron chi connectivity index (χ3n) is 0.784. The molecule has 0 aromatic rings. The number of nitrogens with two attached hydrogens (primary N) is 2. The van der Waals surface area contributed by atoms with E-state index in [0.29, 0.717) is 0 Å². The molecule has 52 valence electrons. The maximum Gasteiger partial charge on any atom is 0.314 e. The fraction of sp³-hybridized carbons (Fsp3) is 0.500. The molecule has 5 heteroatoms. The van der Waals surface area contributed by atoms with Crippen LogP contribution in [0.25, 0.3) is 0 Å². The van der Waals surface area contributed by atoms with E-state index in [0.717, 1.165) is 4.90 Å². The summed E-state index contributed by atoms with van der Waals surface area (Å²) in [7, 11) is 1.48. The van der Waals surface area contributed by atoms with Gasteiger partial charge < -0.3 is 16.4 Å². The molecule has 0 aliphatic carbocycles.